The Morgan fingerprint density at radius 2 is 2.11 bits per heavy atom. The fraction of sp³-hybridized carbons (Fsp3) is 0.429. The van der Waals surface area contributed by atoms with Gasteiger partial charge in [0.05, 0.1) is 10.2 Å². The summed E-state index contributed by atoms with van der Waals surface area (Å²) in [5.74, 6) is 1.72. The van der Waals surface area contributed by atoms with Gasteiger partial charge in [0.2, 0.25) is 0 Å². The minimum atomic E-state index is 0.812. The van der Waals surface area contributed by atoms with E-state index in [0.29, 0.717) is 0 Å². The summed E-state index contributed by atoms with van der Waals surface area (Å²) in [4.78, 5) is 9.31. The molecular weight excluding hydrogens is 322 g/mol. The van der Waals surface area contributed by atoms with E-state index < -0.39 is 0 Å². The molecule has 0 atom stereocenters. The Kier molecular flexibility index (Phi) is 5.34. The number of halogens is 1. The number of thiophene rings is 1. The first-order chi connectivity index (χ1) is 9.26. The van der Waals surface area contributed by atoms with Crippen LogP contribution >= 0.6 is 27.3 Å². The predicted molar refractivity (Wildman–Crippen MR) is 85.8 cm³/mol. The predicted octanol–water partition coefficient (Wildman–Crippen LogP) is 4.74. The number of nitrogens with zero attached hydrogens (tertiary/aromatic N) is 2. The highest BCUT2D eigenvalue weighted by atomic mass is 79.9. The third kappa shape index (κ3) is 3.54. The number of aryl methyl sites for hydroxylation is 1. The molecule has 0 saturated carbocycles. The van der Waals surface area contributed by atoms with E-state index >= 15 is 0 Å². The van der Waals surface area contributed by atoms with Gasteiger partial charge in [0.25, 0.3) is 0 Å². The van der Waals surface area contributed by atoms with Gasteiger partial charge in [-0.2, -0.15) is 11.3 Å². The van der Waals surface area contributed by atoms with Crippen LogP contribution in [-0.4, -0.2) is 16.5 Å². The Labute approximate surface area is 126 Å². The van der Waals surface area contributed by atoms with Gasteiger partial charge in [-0.15, -0.1) is 0 Å². The summed E-state index contributed by atoms with van der Waals surface area (Å²) < 4.78 is 1.00. The van der Waals surface area contributed by atoms with Crippen LogP contribution in [0.25, 0.3) is 11.4 Å². The second-order valence-electron chi connectivity index (χ2n) is 4.35. The second-order valence-corrected chi connectivity index (χ2v) is 5.92. The van der Waals surface area contributed by atoms with Crippen molar-refractivity contribution in [2.75, 3.05) is 11.9 Å². The van der Waals surface area contributed by atoms with E-state index in [0.717, 1.165) is 53.2 Å². The maximum atomic E-state index is 4.68. The maximum Gasteiger partial charge on any atom is 0.162 e. The highest BCUT2D eigenvalue weighted by Gasteiger charge is 2.12. The highest BCUT2D eigenvalue weighted by molar-refractivity contribution is 9.10. The van der Waals surface area contributed by atoms with Crippen LogP contribution in [0.2, 0.25) is 0 Å². The molecule has 0 aliphatic carbocycles. The van der Waals surface area contributed by atoms with Crippen LogP contribution in [-0.2, 0) is 6.42 Å². The quantitative estimate of drug-likeness (QED) is 0.825. The number of nitrogens with one attached hydrogen (secondary N) is 1. The third-order valence-electron chi connectivity index (χ3n) is 2.73. The van der Waals surface area contributed by atoms with Crippen LogP contribution in [0, 0.1) is 0 Å². The van der Waals surface area contributed by atoms with E-state index in [1.807, 2.05) is 0 Å². The zero-order chi connectivity index (χ0) is 13.7. The topological polar surface area (TPSA) is 37.8 Å². The lowest BCUT2D eigenvalue weighted by atomic mass is 10.2. The average Bonchev–Trinajstić information content (AvgIpc) is 2.94. The van der Waals surface area contributed by atoms with Gasteiger partial charge in [-0.25, -0.2) is 9.97 Å². The molecule has 2 rings (SSSR count). The molecule has 0 bridgehead atoms. The third-order valence-corrected chi connectivity index (χ3v) is 4.24. The molecule has 2 aromatic heterocycles. The van der Waals surface area contributed by atoms with Crippen molar-refractivity contribution >= 4 is 33.1 Å². The Hall–Kier alpha value is -0.940. The van der Waals surface area contributed by atoms with Crippen molar-refractivity contribution in [2.45, 2.75) is 33.1 Å². The van der Waals surface area contributed by atoms with Crippen molar-refractivity contribution in [3.05, 3.63) is 27.0 Å². The first-order valence-corrected chi connectivity index (χ1v) is 8.32. The molecule has 0 aromatic carbocycles. The zero-order valence-electron chi connectivity index (χ0n) is 11.2. The van der Waals surface area contributed by atoms with Gasteiger partial charge in [-0.05, 0) is 40.2 Å². The van der Waals surface area contributed by atoms with Crippen molar-refractivity contribution in [2.24, 2.45) is 0 Å². The average molecular weight is 340 g/mol. The van der Waals surface area contributed by atoms with Gasteiger partial charge in [0, 0.05) is 17.5 Å². The van der Waals surface area contributed by atoms with E-state index in [-0.39, 0.29) is 0 Å². The van der Waals surface area contributed by atoms with Crippen LogP contribution in [0.1, 0.15) is 32.4 Å². The summed E-state index contributed by atoms with van der Waals surface area (Å²) in [7, 11) is 0. The van der Waals surface area contributed by atoms with Crippen molar-refractivity contribution in [1.82, 2.24) is 9.97 Å². The lowest BCUT2D eigenvalue weighted by Gasteiger charge is -2.11. The summed E-state index contributed by atoms with van der Waals surface area (Å²) in [5, 5.41) is 7.51. The summed E-state index contributed by atoms with van der Waals surface area (Å²) in [5.41, 5.74) is 2.17. The van der Waals surface area contributed by atoms with Crippen LogP contribution in [0.15, 0.2) is 21.3 Å². The first kappa shape index (κ1) is 14.5. The van der Waals surface area contributed by atoms with Crippen molar-refractivity contribution < 1.29 is 0 Å². The number of anilines is 1. The van der Waals surface area contributed by atoms with E-state index in [4.69, 9.17) is 0 Å². The zero-order valence-corrected chi connectivity index (χ0v) is 13.6. The van der Waals surface area contributed by atoms with Gasteiger partial charge in [-0.3, -0.25) is 0 Å². The van der Waals surface area contributed by atoms with E-state index in [9.17, 15) is 0 Å². The minimum absolute atomic E-state index is 0.812. The molecule has 19 heavy (non-hydrogen) atoms. The molecule has 0 fully saturated rings. The van der Waals surface area contributed by atoms with Crippen molar-refractivity contribution in [3.63, 3.8) is 0 Å². The SMILES string of the molecule is CCCNc1nc(-c2ccsc2)nc(CCC)c1Br. The fourth-order valence-corrected chi connectivity index (χ4v) is 2.93. The summed E-state index contributed by atoms with van der Waals surface area (Å²) in [6, 6.07) is 2.06. The number of hydrogen-bond donors (Lipinski definition) is 1. The summed E-state index contributed by atoms with van der Waals surface area (Å²) >= 11 is 5.29. The molecule has 0 unspecified atom stereocenters. The Bertz CT molecular complexity index is 526. The number of aromatic nitrogens is 2. The second kappa shape index (κ2) is 7.01. The van der Waals surface area contributed by atoms with Crippen LogP contribution in [0.5, 0.6) is 0 Å². The van der Waals surface area contributed by atoms with E-state index in [1.165, 1.54) is 0 Å². The van der Waals surface area contributed by atoms with Crippen LogP contribution < -0.4 is 5.32 Å². The van der Waals surface area contributed by atoms with Gasteiger partial charge in [-0.1, -0.05) is 20.3 Å². The molecule has 2 aromatic rings. The fourth-order valence-electron chi connectivity index (χ4n) is 1.78. The Balaban J connectivity index is 2.41. The monoisotopic (exact) mass is 339 g/mol. The van der Waals surface area contributed by atoms with E-state index in [2.05, 4.69) is 61.9 Å². The summed E-state index contributed by atoms with van der Waals surface area (Å²) in [6.45, 7) is 5.23. The molecule has 1 N–H and O–H groups in total. The van der Waals surface area contributed by atoms with Gasteiger partial charge in [0.15, 0.2) is 5.82 Å². The van der Waals surface area contributed by atoms with Crippen LogP contribution in [0.4, 0.5) is 5.82 Å². The molecule has 2 heterocycles. The van der Waals surface area contributed by atoms with Crippen molar-refractivity contribution in [1.29, 1.82) is 0 Å². The molecule has 3 nitrogen and oxygen atoms in total. The molecule has 0 aliphatic rings. The lowest BCUT2D eigenvalue weighted by molar-refractivity contribution is 0.865. The molecule has 102 valence electrons. The normalized spacial score (nSPS) is 10.7. The van der Waals surface area contributed by atoms with Crippen LogP contribution in [0.3, 0.4) is 0 Å². The Morgan fingerprint density at radius 3 is 2.74 bits per heavy atom. The maximum absolute atomic E-state index is 4.68. The standard InChI is InChI=1S/C14H18BrN3S/c1-3-5-11-12(15)14(16-7-4-2)18-13(17-11)10-6-8-19-9-10/h6,8-9H,3-5,7H2,1-2H3,(H,16,17,18). The largest absolute Gasteiger partial charge is 0.369 e. The molecule has 0 saturated heterocycles. The number of hydrogen-bond acceptors (Lipinski definition) is 4. The summed E-state index contributed by atoms with van der Waals surface area (Å²) in [6.07, 6.45) is 3.11. The molecular formula is C14H18BrN3S. The van der Waals surface area contributed by atoms with Gasteiger partial charge < -0.3 is 5.32 Å². The minimum Gasteiger partial charge on any atom is -0.369 e. The Morgan fingerprint density at radius 1 is 1.26 bits per heavy atom. The molecule has 5 heteroatoms. The number of rotatable bonds is 6. The molecule has 0 spiro atoms. The molecule has 0 amide bonds. The molecule has 0 aliphatic heterocycles. The lowest BCUT2D eigenvalue weighted by Crippen LogP contribution is -2.07. The van der Waals surface area contributed by atoms with E-state index in [1.54, 1.807) is 11.3 Å². The van der Waals surface area contributed by atoms with Crippen molar-refractivity contribution in [3.8, 4) is 11.4 Å². The van der Waals surface area contributed by atoms with Gasteiger partial charge in [0.1, 0.15) is 5.82 Å². The molecule has 0 radical (unpaired) electrons. The smallest absolute Gasteiger partial charge is 0.162 e. The van der Waals surface area contributed by atoms with Gasteiger partial charge >= 0.3 is 0 Å². The first-order valence-electron chi connectivity index (χ1n) is 6.59. The highest BCUT2D eigenvalue weighted by Crippen LogP contribution is 2.28.